The van der Waals surface area contributed by atoms with Crippen molar-refractivity contribution in [2.24, 2.45) is 10.8 Å². The van der Waals surface area contributed by atoms with E-state index in [4.69, 9.17) is 18.0 Å². The van der Waals surface area contributed by atoms with Gasteiger partial charge >= 0.3 is 0 Å². The summed E-state index contributed by atoms with van der Waals surface area (Å²) in [4.78, 5) is 0. The second-order valence-electron chi connectivity index (χ2n) is 4.14. The Balaban J connectivity index is 2.39. The molecule has 0 aliphatic heterocycles. The summed E-state index contributed by atoms with van der Waals surface area (Å²) >= 11 is 4.71. The molecule has 0 fully saturated rings. The van der Waals surface area contributed by atoms with Crippen molar-refractivity contribution in [3.8, 4) is 11.1 Å². The molecule has 0 radical (unpaired) electrons. The van der Waals surface area contributed by atoms with Crippen molar-refractivity contribution in [3.63, 3.8) is 0 Å². The number of nitrogens with two attached hydrogens (primary N) is 1. The van der Waals surface area contributed by atoms with Gasteiger partial charge in [-0.3, -0.25) is 5.43 Å². The van der Waals surface area contributed by atoms with Crippen LogP contribution in [0, 0.1) is 6.92 Å². The van der Waals surface area contributed by atoms with E-state index in [9.17, 15) is 0 Å². The van der Waals surface area contributed by atoms with Gasteiger partial charge in [0.25, 0.3) is 0 Å². The summed E-state index contributed by atoms with van der Waals surface area (Å²) in [7, 11) is 0. The maximum atomic E-state index is 5.34. The van der Waals surface area contributed by atoms with Gasteiger partial charge in [-0.15, -0.1) is 0 Å². The summed E-state index contributed by atoms with van der Waals surface area (Å²) in [6, 6.07) is 16.3. The lowest BCUT2D eigenvalue weighted by Crippen LogP contribution is -2.24. The maximum Gasteiger partial charge on any atom is 0.184 e. The van der Waals surface area contributed by atoms with Crippen molar-refractivity contribution in [2.45, 2.75) is 6.92 Å². The molecule has 0 bridgehead atoms. The first-order chi connectivity index (χ1) is 9.18. The van der Waals surface area contributed by atoms with E-state index in [-0.39, 0.29) is 5.11 Å². The zero-order valence-electron chi connectivity index (χ0n) is 10.6. The third kappa shape index (κ3) is 3.39. The second-order valence-corrected chi connectivity index (χ2v) is 4.58. The monoisotopic (exact) mass is 269 g/mol. The van der Waals surface area contributed by atoms with Crippen LogP contribution in [0.3, 0.4) is 0 Å². The minimum absolute atomic E-state index is 0.157. The molecule has 2 aromatic rings. The van der Waals surface area contributed by atoms with E-state index in [0.717, 1.165) is 11.1 Å². The number of rotatable bonds is 3. The van der Waals surface area contributed by atoms with Crippen LogP contribution in [-0.2, 0) is 0 Å². The first-order valence-corrected chi connectivity index (χ1v) is 6.33. The number of thiocarbonyl (C=S) groups is 1. The highest BCUT2D eigenvalue weighted by Gasteiger charge is 2.04. The largest absolute Gasteiger partial charge is 0.375 e. The van der Waals surface area contributed by atoms with Gasteiger partial charge in [-0.25, -0.2) is 0 Å². The van der Waals surface area contributed by atoms with Gasteiger partial charge in [0.05, 0.1) is 6.21 Å². The van der Waals surface area contributed by atoms with E-state index < -0.39 is 0 Å². The van der Waals surface area contributed by atoms with Crippen LogP contribution in [0.25, 0.3) is 11.1 Å². The molecule has 4 heteroatoms. The lowest BCUT2D eigenvalue weighted by Gasteiger charge is -2.08. The van der Waals surface area contributed by atoms with Crippen molar-refractivity contribution in [3.05, 3.63) is 59.7 Å². The van der Waals surface area contributed by atoms with Gasteiger partial charge in [0, 0.05) is 5.56 Å². The molecule has 2 rings (SSSR count). The van der Waals surface area contributed by atoms with Crippen LogP contribution in [-0.4, -0.2) is 11.3 Å². The Bertz CT molecular complexity index is 620. The molecule has 96 valence electrons. The molecule has 0 unspecified atom stereocenters. The predicted molar refractivity (Wildman–Crippen MR) is 84.1 cm³/mol. The molecule has 0 spiro atoms. The van der Waals surface area contributed by atoms with Crippen LogP contribution >= 0.6 is 12.2 Å². The van der Waals surface area contributed by atoms with E-state index in [1.165, 1.54) is 11.1 Å². The molecule has 0 atom stereocenters. The van der Waals surface area contributed by atoms with Crippen LogP contribution in [0.5, 0.6) is 0 Å². The van der Waals surface area contributed by atoms with Crippen LogP contribution in [0.15, 0.2) is 53.6 Å². The summed E-state index contributed by atoms with van der Waals surface area (Å²) in [5.74, 6) is 0. The van der Waals surface area contributed by atoms with Gasteiger partial charge in [-0.05, 0) is 35.8 Å². The first-order valence-electron chi connectivity index (χ1n) is 5.92. The van der Waals surface area contributed by atoms with E-state index in [0.29, 0.717) is 0 Å². The second kappa shape index (κ2) is 6.11. The fourth-order valence-corrected chi connectivity index (χ4v) is 1.95. The minimum Gasteiger partial charge on any atom is -0.375 e. The van der Waals surface area contributed by atoms with Crippen LogP contribution in [0.2, 0.25) is 0 Å². The van der Waals surface area contributed by atoms with Gasteiger partial charge in [-0.1, -0.05) is 48.5 Å². The highest BCUT2D eigenvalue weighted by Crippen LogP contribution is 2.25. The van der Waals surface area contributed by atoms with E-state index >= 15 is 0 Å². The molecule has 19 heavy (non-hydrogen) atoms. The van der Waals surface area contributed by atoms with Crippen LogP contribution < -0.4 is 11.2 Å². The smallest absolute Gasteiger partial charge is 0.184 e. The van der Waals surface area contributed by atoms with E-state index in [1.54, 1.807) is 6.21 Å². The van der Waals surface area contributed by atoms with Crippen molar-refractivity contribution >= 4 is 23.5 Å². The number of hydrogen-bond acceptors (Lipinski definition) is 2. The summed E-state index contributed by atoms with van der Waals surface area (Å²) in [6.45, 7) is 2.09. The number of hydrogen-bond donors (Lipinski definition) is 2. The summed E-state index contributed by atoms with van der Waals surface area (Å²) in [6.07, 6.45) is 1.72. The predicted octanol–water partition coefficient (Wildman–Crippen LogP) is 2.83. The van der Waals surface area contributed by atoms with Gasteiger partial charge in [0.2, 0.25) is 0 Å². The quantitative estimate of drug-likeness (QED) is 0.512. The fourth-order valence-electron chi connectivity index (χ4n) is 1.90. The molecule has 0 aliphatic carbocycles. The Kier molecular flexibility index (Phi) is 4.26. The molecule has 0 aromatic heterocycles. The fraction of sp³-hybridized carbons (Fsp3) is 0.0667. The lowest BCUT2D eigenvalue weighted by molar-refractivity contribution is 1.04. The van der Waals surface area contributed by atoms with Crippen molar-refractivity contribution in [2.75, 3.05) is 0 Å². The van der Waals surface area contributed by atoms with Gasteiger partial charge in [0.15, 0.2) is 5.11 Å². The number of nitrogens with zero attached hydrogens (tertiary/aromatic N) is 1. The number of hydrazone groups is 1. The molecule has 3 N–H and O–H groups in total. The number of aryl methyl sites for hydroxylation is 1. The molecule has 3 nitrogen and oxygen atoms in total. The Hall–Kier alpha value is -2.20. The molecule has 0 saturated carbocycles. The normalized spacial score (nSPS) is 10.6. The Labute approximate surface area is 118 Å². The highest BCUT2D eigenvalue weighted by molar-refractivity contribution is 7.80. The average molecular weight is 269 g/mol. The summed E-state index contributed by atoms with van der Waals surface area (Å²) in [5.41, 5.74) is 12.5. The minimum atomic E-state index is 0.157. The molecular weight excluding hydrogens is 254 g/mol. The Morgan fingerprint density at radius 2 is 1.74 bits per heavy atom. The van der Waals surface area contributed by atoms with Crippen molar-refractivity contribution in [1.29, 1.82) is 0 Å². The molecule has 0 heterocycles. The summed E-state index contributed by atoms with van der Waals surface area (Å²) < 4.78 is 0. The van der Waals surface area contributed by atoms with E-state index in [2.05, 4.69) is 35.7 Å². The van der Waals surface area contributed by atoms with E-state index in [1.807, 2.05) is 30.3 Å². The maximum absolute atomic E-state index is 5.34. The van der Waals surface area contributed by atoms with Crippen LogP contribution in [0.1, 0.15) is 11.1 Å². The van der Waals surface area contributed by atoms with Gasteiger partial charge < -0.3 is 5.73 Å². The van der Waals surface area contributed by atoms with Crippen molar-refractivity contribution < 1.29 is 0 Å². The highest BCUT2D eigenvalue weighted by atomic mass is 32.1. The van der Waals surface area contributed by atoms with Gasteiger partial charge in [-0.2, -0.15) is 5.10 Å². The Morgan fingerprint density at radius 1 is 1.11 bits per heavy atom. The molecular formula is C15H15N3S. The molecule has 2 aromatic carbocycles. The third-order valence-electron chi connectivity index (χ3n) is 2.77. The van der Waals surface area contributed by atoms with Crippen LogP contribution in [0.4, 0.5) is 0 Å². The zero-order chi connectivity index (χ0) is 13.7. The molecule has 0 saturated heterocycles. The molecule has 0 amide bonds. The Morgan fingerprint density at radius 3 is 2.42 bits per heavy atom. The summed E-state index contributed by atoms with van der Waals surface area (Å²) in [5, 5.41) is 4.17. The zero-order valence-corrected chi connectivity index (χ0v) is 11.4. The molecule has 0 aliphatic rings. The van der Waals surface area contributed by atoms with Crippen molar-refractivity contribution in [1.82, 2.24) is 5.43 Å². The first kappa shape index (κ1) is 13.2. The average Bonchev–Trinajstić information content (AvgIpc) is 2.40. The third-order valence-corrected chi connectivity index (χ3v) is 2.87. The number of nitrogens with one attached hydrogen (secondary N) is 1. The van der Waals surface area contributed by atoms with Gasteiger partial charge in [0.1, 0.15) is 0 Å². The lowest BCUT2D eigenvalue weighted by atomic mass is 9.97. The SMILES string of the molecule is Cc1ccccc1-c1ccccc1C=NNC(N)=S. The standard InChI is InChI=1S/C15H15N3S/c1-11-6-2-4-8-13(11)14-9-5-3-7-12(14)10-17-18-15(16)19/h2-10H,1H3,(H3,16,18,19). The topological polar surface area (TPSA) is 50.4 Å². The number of benzene rings is 2.